The van der Waals surface area contributed by atoms with E-state index in [0.717, 1.165) is 0 Å². The van der Waals surface area contributed by atoms with Gasteiger partial charge in [0, 0.05) is 18.5 Å². The number of hydrogen-bond donors (Lipinski definition) is 2. The SMILES string of the molecule is CC(C)(N)CNC(=O)CC1CCCCC1. The molecule has 1 saturated carbocycles. The van der Waals surface area contributed by atoms with E-state index in [4.69, 9.17) is 5.73 Å². The van der Waals surface area contributed by atoms with Crippen molar-refractivity contribution in [2.45, 2.75) is 57.9 Å². The lowest BCUT2D eigenvalue weighted by Gasteiger charge is -2.23. The molecule has 0 bridgehead atoms. The molecular weight excluding hydrogens is 188 g/mol. The molecule has 0 unspecified atom stereocenters. The standard InChI is InChI=1S/C12H24N2O/c1-12(2,13)9-14-11(15)8-10-6-4-3-5-7-10/h10H,3-9,13H2,1-2H3,(H,14,15). The fourth-order valence-electron chi connectivity index (χ4n) is 2.05. The van der Waals surface area contributed by atoms with Crippen molar-refractivity contribution < 1.29 is 4.79 Å². The van der Waals surface area contributed by atoms with Crippen LogP contribution in [0.1, 0.15) is 52.4 Å². The Balaban J connectivity index is 2.17. The minimum atomic E-state index is -0.303. The largest absolute Gasteiger partial charge is 0.354 e. The summed E-state index contributed by atoms with van der Waals surface area (Å²) in [6.07, 6.45) is 7.06. The van der Waals surface area contributed by atoms with Gasteiger partial charge < -0.3 is 11.1 Å². The third kappa shape index (κ3) is 5.78. The molecule has 1 aliphatic rings. The second kappa shape index (κ2) is 5.50. The second-order valence-corrected chi connectivity index (χ2v) is 5.47. The van der Waals surface area contributed by atoms with E-state index in [0.29, 0.717) is 18.9 Å². The van der Waals surface area contributed by atoms with Gasteiger partial charge in [0.15, 0.2) is 0 Å². The summed E-state index contributed by atoms with van der Waals surface area (Å²) in [5.41, 5.74) is 5.50. The highest BCUT2D eigenvalue weighted by Gasteiger charge is 2.18. The van der Waals surface area contributed by atoms with Gasteiger partial charge in [0.1, 0.15) is 0 Å². The van der Waals surface area contributed by atoms with E-state index >= 15 is 0 Å². The van der Waals surface area contributed by atoms with Gasteiger partial charge in [-0.15, -0.1) is 0 Å². The maximum absolute atomic E-state index is 11.6. The van der Waals surface area contributed by atoms with Crippen LogP contribution >= 0.6 is 0 Å². The first-order valence-corrected chi connectivity index (χ1v) is 6.03. The molecule has 1 rings (SSSR count). The van der Waals surface area contributed by atoms with Crippen LogP contribution in [0.2, 0.25) is 0 Å². The van der Waals surface area contributed by atoms with Crippen LogP contribution in [-0.2, 0) is 4.79 Å². The average Bonchev–Trinajstić information content (AvgIpc) is 2.15. The van der Waals surface area contributed by atoms with Crippen molar-refractivity contribution in [1.29, 1.82) is 0 Å². The molecule has 0 aromatic heterocycles. The molecule has 0 aromatic carbocycles. The van der Waals surface area contributed by atoms with Crippen LogP contribution in [0, 0.1) is 5.92 Å². The molecule has 3 heteroatoms. The van der Waals surface area contributed by atoms with E-state index < -0.39 is 0 Å². The number of carbonyl (C=O) groups is 1. The summed E-state index contributed by atoms with van der Waals surface area (Å²) < 4.78 is 0. The molecule has 0 atom stereocenters. The summed E-state index contributed by atoms with van der Waals surface area (Å²) in [5.74, 6) is 0.778. The maximum Gasteiger partial charge on any atom is 0.220 e. The van der Waals surface area contributed by atoms with E-state index in [9.17, 15) is 4.79 Å². The van der Waals surface area contributed by atoms with Crippen LogP contribution in [0.3, 0.4) is 0 Å². The lowest BCUT2D eigenvalue weighted by Crippen LogP contribution is -2.45. The molecule has 0 heterocycles. The van der Waals surface area contributed by atoms with Crippen molar-refractivity contribution in [3.8, 4) is 0 Å². The van der Waals surface area contributed by atoms with Crippen molar-refractivity contribution in [1.82, 2.24) is 5.32 Å². The predicted octanol–water partition coefficient (Wildman–Crippen LogP) is 1.81. The van der Waals surface area contributed by atoms with Gasteiger partial charge >= 0.3 is 0 Å². The molecule has 0 saturated heterocycles. The van der Waals surface area contributed by atoms with Crippen LogP contribution in [0.4, 0.5) is 0 Å². The van der Waals surface area contributed by atoms with E-state index in [1.807, 2.05) is 13.8 Å². The second-order valence-electron chi connectivity index (χ2n) is 5.47. The Hall–Kier alpha value is -0.570. The Morgan fingerprint density at radius 3 is 2.47 bits per heavy atom. The number of carbonyl (C=O) groups excluding carboxylic acids is 1. The summed E-state index contributed by atoms with van der Waals surface area (Å²) in [5, 5.41) is 2.91. The Morgan fingerprint density at radius 2 is 1.93 bits per heavy atom. The Bertz CT molecular complexity index is 202. The number of hydrogen-bond acceptors (Lipinski definition) is 2. The Morgan fingerprint density at radius 1 is 1.33 bits per heavy atom. The first-order valence-electron chi connectivity index (χ1n) is 6.03. The van der Waals surface area contributed by atoms with Crippen LogP contribution in [-0.4, -0.2) is 18.0 Å². The molecule has 1 amide bonds. The zero-order chi connectivity index (χ0) is 11.3. The molecule has 15 heavy (non-hydrogen) atoms. The fourth-order valence-corrected chi connectivity index (χ4v) is 2.05. The van der Waals surface area contributed by atoms with E-state index in [1.165, 1.54) is 32.1 Å². The molecule has 1 aliphatic carbocycles. The van der Waals surface area contributed by atoms with Crippen LogP contribution in [0.25, 0.3) is 0 Å². The Kier molecular flexibility index (Phi) is 4.58. The third-order valence-electron chi connectivity index (χ3n) is 2.94. The minimum Gasteiger partial charge on any atom is -0.354 e. The zero-order valence-corrected chi connectivity index (χ0v) is 10.0. The van der Waals surface area contributed by atoms with Gasteiger partial charge in [0.25, 0.3) is 0 Å². The van der Waals surface area contributed by atoms with E-state index in [1.54, 1.807) is 0 Å². The lowest BCUT2D eigenvalue weighted by molar-refractivity contribution is -0.122. The number of rotatable bonds is 4. The molecular formula is C12H24N2O. The van der Waals surface area contributed by atoms with Crippen LogP contribution in [0.15, 0.2) is 0 Å². The molecule has 0 aromatic rings. The highest BCUT2D eigenvalue weighted by atomic mass is 16.1. The van der Waals surface area contributed by atoms with Gasteiger partial charge in [0.05, 0.1) is 0 Å². The molecule has 0 spiro atoms. The van der Waals surface area contributed by atoms with Crippen LogP contribution < -0.4 is 11.1 Å². The molecule has 3 nitrogen and oxygen atoms in total. The van der Waals surface area contributed by atoms with Gasteiger partial charge in [0.2, 0.25) is 5.91 Å². The lowest BCUT2D eigenvalue weighted by atomic mass is 9.87. The zero-order valence-electron chi connectivity index (χ0n) is 10.0. The molecule has 88 valence electrons. The maximum atomic E-state index is 11.6. The predicted molar refractivity (Wildman–Crippen MR) is 62.5 cm³/mol. The summed E-state index contributed by atoms with van der Waals surface area (Å²) in [7, 11) is 0. The number of nitrogens with two attached hydrogens (primary N) is 1. The average molecular weight is 212 g/mol. The first-order chi connectivity index (χ1) is 6.97. The monoisotopic (exact) mass is 212 g/mol. The third-order valence-corrected chi connectivity index (χ3v) is 2.94. The molecule has 3 N–H and O–H groups in total. The van der Waals surface area contributed by atoms with Gasteiger partial charge in [-0.1, -0.05) is 19.3 Å². The highest BCUT2D eigenvalue weighted by Crippen LogP contribution is 2.25. The van der Waals surface area contributed by atoms with E-state index in [-0.39, 0.29) is 11.4 Å². The quantitative estimate of drug-likeness (QED) is 0.746. The summed E-state index contributed by atoms with van der Waals surface area (Å²) in [6.45, 7) is 4.42. The fraction of sp³-hybridized carbons (Fsp3) is 0.917. The molecule has 0 aliphatic heterocycles. The molecule has 1 fully saturated rings. The number of amides is 1. The summed E-state index contributed by atoms with van der Waals surface area (Å²) in [4.78, 5) is 11.6. The summed E-state index contributed by atoms with van der Waals surface area (Å²) in [6, 6.07) is 0. The van der Waals surface area contributed by atoms with Crippen molar-refractivity contribution in [2.24, 2.45) is 11.7 Å². The van der Waals surface area contributed by atoms with Gasteiger partial charge in [-0.3, -0.25) is 4.79 Å². The summed E-state index contributed by atoms with van der Waals surface area (Å²) >= 11 is 0. The van der Waals surface area contributed by atoms with Crippen LogP contribution in [0.5, 0.6) is 0 Å². The normalized spacial score (nSPS) is 18.9. The van der Waals surface area contributed by atoms with Crippen molar-refractivity contribution in [2.75, 3.05) is 6.54 Å². The number of nitrogens with one attached hydrogen (secondary N) is 1. The molecule has 0 radical (unpaired) electrons. The minimum absolute atomic E-state index is 0.167. The van der Waals surface area contributed by atoms with Crippen molar-refractivity contribution in [3.63, 3.8) is 0 Å². The van der Waals surface area contributed by atoms with Gasteiger partial charge in [-0.2, -0.15) is 0 Å². The smallest absolute Gasteiger partial charge is 0.220 e. The van der Waals surface area contributed by atoms with Gasteiger partial charge in [-0.25, -0.2) is 0 Å². The highest BCUT2D eigenvalue weighted by molar-refractivity contribution is 5.76. The van der Waals surface area contributed by atoms with Gasteiger partial charge in [-0.05, 0) is 32.6 Å². The van der Waals surface area contributed by atoms with Crippen molar-refractivity contribution >= 4 is 5.91 Å². The topological polar surface area (TPSA) is 55.1 Å². The van der Waals surface area contributed by atoms with E-state index in [2.05, 4.69) is 5.32 Å². The Labute approximate surface area is 92.8 Å². The first kappa shape index (κ1) is 12.5. The van der Waals surface area contributed by atoms with Crippen molar-refractivity contribution in [3.05, 3.63) is 0 Å².